The van der Waals surface area contributed by atoms with Crippen LogP contribution in [0.15, 0.2) is 224 Å². The van der Waals surface area contributed by atoms with E-state index in [1.807, 2.05) is 0 Å². The lowest BCUT2D eigenvalue weighted by Gasteiger charge is -2.50. The highest BCUT2D eigenvalue weighted by Crippen LogP contribution is 2.59. The molecule has 5 aliphatic rings. The number of hydrogen-bond donors (Lipinski definition) is 0. The molecule has 0 aromatic heterocycles. The number of benzene rings is 11. The van der Waals surface area contributed by atoms with Gasteiger partial charge in [-0.1, -0.05) is 297 Å². The molecule has 3 nitrogen and oxygen atoms in total. The maximum atomic E-state index is 2.75. The van der Waals surface area contributed by atoms with Crippen molar-refractivity contribution in [1.82, 2.24) is 0 Å². The molecule has 16 rings (SSSR count). The molecule has 2 aliphatic heterocycles. The second kappa shape index (κ2) is 21.7. The summed E-state index contributed by atoms with van der Waals surface area (Å²) in [6, 6.07) is 89.1. The molecule has 0 saturated carbocycles. The topological polar surface area (TPSA) is 9.72 Å². The van der Waals surface area contributed by atoms with Gasteiger partial charge in [-0.05, 0) is 194 Å². The van der Waals surface area contributed by atoms with Crippen LogP contribution < -0.4 is 31.1 Å². The van der Waals surface area contributed by atoms with Crippen LogP contribution in [0.25, 0.3) is 11.1 Å². The van der Waals surface area contributed by atoms with Crippen LogP contribution in [0.1, 0.15) is 229 Å². The zero-order chi connectivity index (χ0) is 70.7. The van der Waals surface area contributed by atoms with E-state index in [4.69, 9.17) is 0 Å². The average molecular weight is 1310 g/mol. The summed E-state index contributed by atoms with van der Waals surface area (Å²) in [6.07, 6.45) is 0. The van der Waals surface area contributed by atoms with Crippen molar-refractivity contribution < 1.29 is 0 Å². The summed E-state index contributed by atoms with van der Waals surface area (Å²) in [7, 11) is 0. The maximum absolute atomic E-state index is 2.75. The van der Waals surface area contributed by atoms with E-state index in [1.54, 1.807) is 0 Å². The molecule has 502 valence electrons. The van der Waals surface area contributed by atoms with Crippen molar-refractivity contribution >= 4 is 74.3 Å². The van der Waals surface area contributed by atoms with Crippen LogP contribution in [-0.2, 0) is 48.7 Å². The molecule has 0 unspecified atom stereocenters. The van der Waals surface area contributed by atoms with Gasteiger partial charge in [-0.2, -0.15) is 0 Å². The van der Waals surface area contributed by atoms with Gasteiger partial charge in [0.05, 0.1) is 11.4 Å². The van der Waals surface area contributed by atoms with Crippen LogP contribution in [0.5, 0.6) is 0 Å². The van der Waals surface area contributed by atoms with E-state index in [1.165, 1.54) is 134 Å². The molecule has 3 aliphatic carbocycles. The molecular weight excluding hydrogens is 1210 g/mol. The minimum Gasteiger partial charge on any atom is -0.311 e. The third kappa shape index (κ3) is 9.57. The van der Waals surface area contributed by atoms with Gasteiger partial charge in [0, 0.05) is 77.9 Å². The molecule has 0 amide bonds. The summed E-state index contributed by atoms with van der Waals surface area (Å²) in [5, 5.41) is 0. The summed E-state index contributed by atoms with van der Waals surface area (Å²) in [6.45, 7) is 50.5. The predicted molar refractivity (Wildman–Crippen MR) is 429 cm³/mol. The Morgan fingerprint density at radius 1 is 0.270 bits per heavy atom. The van der Waals surface area contributed by atoms with Crippen LogP contribution in [0.2, 0.25) is 0 Å². The number of rotatable bonds is 6. The van der Waals surface area contributed by atoms with Crippen molar-refractivity contribution in [3.63, 3.8) is 0 Å². The van der Waals surface area contributed by atoms with Crippen molar-refractivity contribution in [2.45, 2.75) is 194 Å². The van der Waals surface area contributed by atoms with Crippen molar-refractivity contribution in [3.05, 3.63) is 308 Å². The number of nitrogens with zero attached hydrogens (tertiary/aromatic N) is 3. The van der Waals surface area contributed by atoms with Crippen LogP contribution >= 0.6 is 0 Å². The van der Waals surface area contributed by atoms with Crippen molar-refractivity contribution in [2.24, 2.45) is 0 Å². The SMILES string of the molecule is CC(C)(C)c1ccc(N(c2ccc(C(C)(C)C)cc2)c2cc3c4c(c2)N(c2ccc(C(C)(C)C)cc2-c2ccccc2)c2cc5c(cc2B4c2cc4c(cc2N3c2ccc3c(c2)C(C)(C)c2ccccc2C3(C)C)C(C)(C)c2ccccc2C4(C)C)C(C)(C)c2ccccc2C5(C)C)cc1. The Morgan fingerprint density at radius 2 is 0.610 bits per heavy atom. The normalized spacial score (nSPS) is 17.3. The lowest BCUT2D eigenvalue weighted by molar-refractivity contribution is 0.520. The Hall–Kier alpha value is -9.12. The Morgan fingerprint density at radius 3 is 1.02 bits per heavy atom. The zero-order valence-corrected chi connectivity index (χ0v) is 63.3. The van der Waals surface area contributed by atoms with Crippen molar-refractivity contribution in [2.75, 3.05) is 14.7 Å². The van der Waals surface area contributed by atoms with Crippen LogP contribution in [-0.4, -0.2) is 6.71 Å². The molecule has 0 bridgehead atoms. The summed E-state index contributed by atoms with van der Waals surface area (Å²) in [5.41, 5.74) is 35.3. The lowest BCUT2D eigenvalue weighted by Crippen LogP contribution is -2.62. The highest BCUT2D eigenvalue weighted by molar-refractivity contribution is 7.00. The van der Waals surface area contributed by atoms with Crippen molar-refractivity contribution in [3.8, 4) is 11.1 Å². The smallest absolute Gasteiger partial charge is 0.252 e. The average Bonchev–Trinajstić information content (AvgIpc) is 0.676. The van der Waals surface area contributed by atoms with Crippen LogP contribution in [0, 0.1) is 0 Å². The van der Waals surface area contributed by atoms with E-state index >= 15 is 0 Å². The molecule has 11 aromatic rings. The minimum absolute atomic E-state index is 0.0413. The third-order valence-corrected chi connectivity index (χ3v) is 24.9. The first-order valence-corrected chi connectivity index (χ1v) is 36.9. The first-order valence-electron chi connectivity index (χ1n) is 36.9. The van der Waals surface area contributed by atoms with Gasteiger partial charge in [0.25, 0.3) is 6.71 Å². The van der Waals surface area contributed by atoms with Gasteiger partial charge < -0.3 is 14.7 Å². The van der Waals surface area contributed by atoms with Crippen LogP contribution in [0.3, 0.4) is 0 Å². The highest BCUT2D eigenvalue weighted by atomic mass is 15.2. The molecule has 4 heteroatoms. The number of hydrogen-bond acceptors (Lipinski definition) is 3. The van der Waals surface area contributed by atoms with E-state index in [9.17, 15) is 0 Å². The van der Waals surface area contributed by atoms with Gasteiger partial charge in [0.15, 0.2) is 0 Å². The fourth-order valence-electron chi connectivity index (χ4n) is 18.8. The molecule has 2 heterocycles. The Bertz CT molecular complexity index is 5130. The summed E-state index contributed by atoms with van der Waals surface area (Å²) >= 11 is 0. The largest absolute Gasteiger partial charge is 0.311 e. The third-order valence-electron chi connectivity index (χ3n) is 24.9. The van der Waals surface area contributed by atoms with Gasteiger partial charge in [-0.15, -0.1) is 0 Å². The molecule has 0 N–H and O–H groups in total. The fraction of sp³-hybridized carbons (Fsp3) is 0.312. The van der Waals surface area contributed by atoms with E-state index in [2.05, 4.69) is 385 Å². The summed E-state index contributed by atoms with van der Waals surface area (Å²) in [5.74, 6) is 0. The molecule has 0 atom stereocenters. The monoisotopic (exact) mass is 1310 g/mol. The standard InChI is InChI=1S/C96H100BN3/c1-88(2,3)60-39-44-63(45-40-60)98(64-46-41-61(42-47-64)89(4,5)6)66-53-85-87-86(54-66)100(82-50-43-62(90(7,8)9)51-67(82)59-31-23-22-24-32-59)84-58-79-77(94(16,17)71-36-28-30-38-73(71)96(79,20)21)56-81(84)97(87)80-55-76-78(95(18,19)72-37-29-27-35-70(72)93(76,14)15)57-83(80)99(85)65-48-49-74-75(52-65)92(12,13)69-34-26-25-33-68(69)91(74,10)11/h22-58H,1-21H3. The molecular formula is C96H100BN3. The van der Waals surface area contributed by atoms with Crippen molar-refractivity contribution in [1.29, 1.82) is 0 Å². The van der Waals surface area contributed by atoms with Gasteiger partial charge in [-0.3, -0.25) is 0 Å². The molecule has 0 spiro atoms. The summed E-state index contributed by atoms with van der Waals surface area (Å²) < 4.78 is 0. The number of fused-ring (bicyclic) bond motifs is 10. The molecule has 100 heavy (non-hydrogen) atoms. The highest BCUT2D eigenvalue weighted by Gasteiger charge is 2.52. The first-order chi connectivity index (χ1) is 47.0. The Labute approximate surface area is 598 Å². The minimum atomic E-state index is -0.332. The second-order valence-corrected chi connectivity index (χ2v) is 36.3. The summed E-state index contributed by atoms with van der Waals surface area (Å²) in [4.78, 5) is 8.06. The van der Waals surface area contributed by atoms with E-state index in [0.29, 0.717) is 0 Å². The molecule has 11 aromatic carbocycles. The van der Waals surface area contributed by atoms with Gasteiger partial charge in [-0.25, -0.2) is 0 Å². The molecule has 0 radical (unpaired) electrons. The van der Waals surface area contributed by atoms with E-state index in [-0.39, 0.29) is 55.4 Å². The Balaban J connectivity index is 1.10. The quantitative estimate of drug-likeness (QED) is 0.154. The second-order valence-electron chi connectivity index (χ2n) is 36.3. The predicted octanol–water partition coefficient (Wildman–Crippen LogP) is 23.7. The van der Waals surface area contributed by atoms with Gasteiger partial charge >= 0.3 is 0 Å². The van der Waals surface area contributed by atoms with E-state index in [0.717, 1.165) is 28.4 Å². The lowest BCUT2D eigenvalue weighted by atomic mass is 9.32. The maximum Gasteiger partial charge on any atom is 0.252 e. The molecule has 0 fully saturated rings. The zero-order valence-electron chi connectivity index (χ0n) is 63.3. The van der Waals surface area contributed by atoms with E-state index < -0.39 is 0 Å². The van der Waals surface area contributed by atoms with Gasteiger partial charge in [0.1, 0.15) is 0 Å². The molecule has 0 saturated heterocycles. The van der Waals surface area contributed by atoms with Gasteiger partial charge in [0.2, 0.25) is 0 Å². The first kappa shape index (κ1) is 65.5. The van der Waals surface area contributed by atoms with Crippen LogP contribution in [0.4, 0.5) is 51.2 Å². The number of anilines is 9. The fourth-order valence-corrected chi connectivity index (χ4v) is 18.8. The Kier molecular flexibility index (Phi) is 14.2.